The zero-order valence-corrected chi connectivity index (χ0v) is 27.5. The largest absolute Gasteiger partial charge is 0.309 e. The topological polar surface area (TPSA) is 35.6 Å². The van der Waals surface area contributed by atoms with E-state index < -0.39 is 0 Å². The molecule has 0 radical (unpaired) electrons. The number of hydrogen-bond donors (Lipinski definition) is 0. The van der Waals surface area contributed by atoms with Gasteiger partial charge in [-0.15, -0.1) is 0 Å². The molecule has 4 aromatic heterocycles. The number of benzene rings is 5. The van der Waals surface area contributed by atoms with Gasteiger partial charge in [0.05, 0.1) is 22.1 Å². The second-order valence-electron chi connectivity index (χ2n) is 13.0. The molecular weight excluding hydrogens is 585 g/mol. The quantitative estimate of drug-likeness (QED) is 0.197. The van der Waals surface area contributed by atoms with Gasteiger partial charge in [0.2, 0.25) is 0 Å². The van der Waals surface area contributed by atoms with Crippen LogP contribution in [0, 0.1) is 27.7 Å². The van der Waals surface area contributed by atoms with Gasteiger partial charge in [0.1, 0.15) is 0 Å². The summed E-state index contributed by atoms with van der Waals surface area (Å²) >= 11 is 0. The number of aromatic nitrogens is 4. The Labute approximate surface area is 279 Å². The lowest BCUT2D eigenvalue weighted by atomic mass is 9.89. The fourth-order valence-electron chi connectivity index (χ4n) is 7.76. The lowest BCUT2D eigenvalue weighted by molar-refractivity contribution is 1.16. The molecule has 0 aliphatic heterocycles. The minimum absolute atomic E-state index is 1.16. The van der Waals surface area contributed by atoms with Gasteiger partial charge in [0, 0.05) is 57.7 Å². The Morgan fingerprint density at radius 2 is 0.771 bits per heavy atom. The van der Waals surface area contributed by atoms with Crippen molar-refractivity contribution < 1.29 is 0 Å². The van der Waals surface area contributed by atoms with Gasteiger partial charge in [0.15, 0.2) is 0 Å². The summed E-state index contributed by atoms with van der Waals surface area (Å²) in [6.45, 7) is 8.93. The van der Waals surface area contributed by atoms with Crippen LogP contribution in [0.2, 0.25) is 0 Å². The summed E-state index contributed by atoms with van der Waals surface area (Å²) in [7, 11) is 0. The molecule has 0 aliphatic carbocycles. The second kappa shape index (κ2) is 10.8. The highest BCUT2D eigenvalue weighted by molar-refractivity contribution is 6.09. The SMILES string of the molecule is Cc1cc(-n2c3ccccc3c3cnccc32)ccc1-c1cc(C)c(-c2ccc(-n3c4ccccc4c4cnccc43)cc2C)cc1C. The van der Waals surface area contributed by atoms with E-state index >= 15 is 0 Å². The maximum Gasteiger partial charge on any atom is 0.0571 e. The van der Waals surface area contributed by atoms with Crippen molar-refractivity contribution in [2.75, 3.05) is 0 Å². The monoisotopic (exact) mass is 618 g/mol. The zero-order valence-electron chi connectivity index (χ0n) is 27.5. The van der Waals surface area contributed by atoms with Crippen LogP contribution in [0.4, 0.5) is 0 Å². The van der Waals surface area contributed by atoms with Crippen molar-refractivity contribution in [2.45, 2.75) is 27.7 Å². The number of rotatable bonds is 4. The van der Waals surface area contributed by atoms with Gasteiger partial charge in [-0.05, 0) is 121 Å². The highest BCUT2D eigenvalue weighted by atomic mass is 15.0. The molecule has 0 atom stereocenters. The third kappa shape index (κ3) is 4.22. The molecule has 0 fully saturated rings. The van der Waals surface area contributed by atoms with Crippen molar-refractivity contribution in [1.29, 1.82) is 0 Å². The van der Waals surface area contributed by atoms with Gasteiger partial charge in [-0.1, -0.05) is 60.7 Å². The predicted molar refractivity (Wildman–Crippen MR) is 201 cm³/mol. The molecular formula is C44H34N4. The van der Waals surface area contributed by atoms with E-state index in [1.807, 2.05) is 24.8 Å². The van der Waals surface area contributed by atoms with Gasteiger partial charge in [-0.25, -0.2) is 0 Å². The van der Waals surface area contributed by atoms with Gasteiger partial charge < -0.3 is 9.13 Å². The van der Waals surface area contributed by atoms with E-state index in [1.165, 1.54) is 88.1 Å². The Balaban J connectivity index is 1.10. The molecule has 9 rings (SSSR count). The number of hydrogen-bond acceptors (Lipinski definition) is 2. The van der Waals surface area contributed by atoms with Gasteiger partial charge >= 0.3 is 0 Å². The standard InChI is InChI=1S/C44H34N4/c1-27-21-31(47-41-11-7-5-9-35(41)39-25-45-19-17-43(39)47)13-15-33(27)37-23-30(4)38(24-29(37)3)34-16-14-32(22-28(34)2)48-42-12-8-6-10-36(42)40-26-46-20-18-44(40)48/h5-26H,1-4H3. The summed E-state index contributed by atoms with van der Waals surface area (Å²) in [5.74, 6) is 0. The van der Waals surface area contributed by atoms with Crippen LogP contribution in [0.15, 0.2) is 134 Å². The highest BCUT2D eigenvalue weighted by Gasteiger charge is 2.17. The zero-order chi connectivity index (χ0) is 32.5. The number of fused-ring (bicyclic) bond motifs is 6. The van der Waals surface area contributed by atoms with Crippen LogP contribution in [-0.2, 0) is 0 Å². The Hall–Kier alpha value is -6.00. The third-order valence-corrected chi connectivity index (χ3v) is 10.0. The normalized spacial score (nSPS) is 11.8. The molecule has 5 aromatic carbocycles. The molecule has 0 spiro atoms. The summed E-state index contributed by atoms with van der Waals surface area (Å²) in [6, 6.07) is 39.8. The average Bonchev–Trinajstić information content (AvgIpc) is 3.63. The molecule has 4 heteroatoms. The summed E-state index contributed by atoms with van der Waals surface area (Å²) < 4.78 is 4.71. The number of nitrogens with zero attached hydrogens (tertiary/aromatic N) is 4. The van der Waals surface area contributed by atoms with E-state index in [2.05, 4.69) is 156 Å². The van der Waals surface area contributed by atoms with E-state index in [1.54, 1.807) is 0 Å². The Kier molecular flexibility index (Phi) is 6.34. The summed E-state index contributed by atoms with van der Waals surface area (Å²) in [5, 5.41) is 4.79. The first-order valence-corrected chi connectivity index (χ1v) is 16.5. The lowest BCUT2D eigenvalue weighted by Crippen LogP contribution is -1.98. The summed E-state index contributed by atoms with van der Waals surface area (Å²) in [4.78, 5) is 8.83. The van der Waals surface area contributed by atoms with E-state index in [9.17, 15) is 0 Å². The maximum atomic E-state index is 4.41. The van der Waals surface area contributed by atoms with E-state index in [4.69, 9.17) is 0 Å². The highest BCUT2D eigenvalue weighted by Crippen LogP contribution is 2.38. The number of aryl methyl sites for hydroxylation is 4. The van der Waals surface area contributed by atoms with Crippen molar-refractivity contribution in [3.05, 3.63) is 156 Å². The molecule has 230 valence electrons. The molecule has 0 bridgehead atoms. The number of pyridine rings is 2. The van der Waals surface area contributed by atoms with Crippen molar-refractivity contribution >= 4 is 43.6 Å². The molecule has 4 nitrogen and oxygen atoms in total. The Bertz CT molecular complexity index is 2430. The third-order valence-electron chi connectivity index (χ3n) is 10.0. The fourth-order valence-corrected chi connectivity index (χ4v) is 7.76. The van der Waals surface area contributed by atoms with Gasteiger partial charge in [-0.2, -0.15) is 0 Å². The minimum atomic E-state index is 1.16. The first-order chi connectivity index (χ1) is 23.5. The van der Waals surface area contributed by atoms with Crippen LogP contribution in [0.5, 0.6) is 0 Å². The maximum absolute atomic E-state index is 4.41. The molecule has 0 amide bonds. The van der Waals surface area contributed by atoms with Crippen molar-refractivity contribution in [3.63, 3.8) is 0 Å². The Morgan fingerprint density at radius 1 is 0.375 bits per heavy atom. The predicted octanol–water partition coefficient (Wildman–Crippen LogP) is 11.2. The van der Waals surface area contributed by atoms with Crippen molar-refractivity contribution in [1.82, 2.24) is 19.1 Å². The van der Waals surface area contributed by atoms with Crippen molar-refractivity contribution in [2.24, 2.45) is 0 Å². The smallest absolute Gasteiger partial charge is 0.0571 e. The first kappa shape index (κ1) is 28.2. The van der Waals surface area contributed by atoms with Crippen LogP contribution in [0.25, 0.3) is 77.2 Å². The Morgan fingerprint density at radius 3 is 1.21 bits per heavy atom. The molecule has 0 saturated heterocycles. The molecule has 0 N–H and O–H groups in total. The molecule has 0 unspecified atom stereocenters. The van der Waals surface area contributed by atoms with Crippen LogP contribution in [0.1, 0.15) is 22.3 Å². The van der Waals surface area contributed by atoms with E-state index in [0.29, 0.717) is 0 Å². The number of para-hydroxylation sites is 2. The van der Waals surface area contributed by atoms with Gasteiger partial charge in [-0.3, -0.25) is 9.97 Å². The summed E-state index contributed by atoms with van der Waals surface area (Å²) in [6.07, 6.45) is 7.70. The van der Waals surface area contributed by atoms with E-state index in [-0.39, 0.29) is 0 Å². The first-order valence-electron chi connectivity index (χ1n) is 16.5. The van der Waals surface area contributed by atoms with Crippen LogP contribution < -0.4 is 0 Å². The molecule has 48 heavy (non-hydrogen) atoms. The summed E-state index contributed by atoms with van der Waals surface area (Å²) in [5.41, 5.74) is 17.2. The second-order valence-corrected chi connectivity index (χ2v) is 13.0. The van der Waals surface area contributed by atoms with Crippen molar-refractivity contribution in [3.8, 4) is 33.6 Å². The fraction of sp³-hybridized carbons (Fsp3) is 0.0909. The lowest BCUT2D eigenvalue weighted by Gasteiger charge is -2.18. The average molecular weight is 619 g/mol. The van der Waals surface area contributed by atoms with Crippen LogP contribution in [-0.4, -0.2) is 19.1 Å². The van der Waals surface area contributed by atoms with E-state index in [0.717, 1.165) is 11.4 Å². The molecule has 4 heterocycles. The molecule has 0 aliphatic rings. The van der Waals surface area contributed by atoms with Gasteiger partial charge in [0.25, 0.3) is 0 Å². The van der Waals surface area contributed by atoms with Crippen LogP contribution in [0.3, 0.4) is 0 Å². The molecule has 9 aromatic rings. The van der Waals surface area contributed by atoms with Crippen LogP contribution >= 0.6 is 0 Å². The molecule has 0 saturated carbocycles. The minimum Gasteiger partial charge on any atom is -0.309 e.